The molecule has 0 saturated carbocycles. The SMILES string of the molecule is CNC(=O)C1CC(O)CN1C(=O)C(C(C)C)n1nnc(O)c1O. The zero-order valence-electron chi connectivity index (χ0n) is 13.2. The minimum Gasteiger partial charge on any atom is -0.490 e. The molecule has 1 aliphatic rings. The number of aromatic hydroxyl groups is 2. The third-order valence-electron chi connectivity index (χ3n) is 3.91. The Labute approximate surface area is 132 Å². The number of nitrogens with one attached hydrogen (secondary N) is 1. The lowest BCUT2D eigenvalue weighted by Gasteiger charge is -2.29. The van der Waals surface area contributed by atoms with E-state index < -0.39 is 35.9 Å². The van der Waals surface area contributed by atoms with Gasteiger partial charge in [0.15, 0.2) is 0 Å². The first-order valence-electron chi connectivity index (χ1n) is 7.31. The number of rotatable bonds is 4. The summed E-state index contributed by atoms with van der Waals surface area (Å²) in [6.07, 6.45) is -0.656. The lowest BCUT2D eigenvalue weighted by atomic mass is 10.0. The van der Waals surface area contributed by atoms with Crippen LogP contribution in [0.25, 0.3) is 0 Å². The smallest absolute Gasteiger partial charge is 0.295 e. The fraction of sp³-hybridized carbons (Fsp3) is 0.692. The molecule has 2 amide bonds. The average molecular weight is 327 g/mol. The van der Waals surface area contributed by atoms with Crippen LogP contribution in [0.3, 0.4) is 0 Å². The van der Waals surface area contributed by atoms with Crippen LogP contribution in [0.1, 0.15) is 26.3 Å². The second kappa shape index (κ2) is 6.41. The zero-order chi connectivity index (χ0) is 17.3. The molecule has 10 heteroatoms. The Morgan fingerprint density at radius 2 is 2.00 bits per heavy atom. The third-order valence-corrected chi connectivity index (χ3v) is 3.91. The van der Waals surface area contributed by atoms with Crippen LogP contribution in [0, 0.1) is 5.92 Å². The van der Waals surface area contributed by atoms with Crippen molar-refractivity contribution < 1.29 is 24.9 Å². The summed E-state index contributed by atoms with van der Waals surface area (Å²) < 4.78 is 0.925. The van der Waals surface area contributed by atoms with Crippen molar-refractivity contribution in [2.75, 3.05) is 13.6 Å². The second-order valence-corrected chi connectivity index (χ2v) is 5.88. The number of hydrogen-bond acceptors (Lipinski definition) is 7. The molecule has 1 aliphatic heterocycles. The molecule has 1 saturated heterocycles. The maximum absolute atomic E-state index is 12.9. The number of likely N-dealkylation sites (tertiary alicyclic amines) is 1. The first-order valence-corrected chi connectivity index (χ1v) is 7.31. The molecule has 4 N–H and O–H groups in total. The van der Waals surface area contributed by atoms with Crippen molar-refractivity contribution in [2.45, 2.75) is 38.5 Å². The number of aliphatic hydroxyl groups excluding tert-OH is 1. The summed E-state index contributed by atoms with van der Waals surface area (Å²) >= 11 is 0. The number of aliphatic hydroxyl groups is 1. The molecular formula is C13H21N5O5. The zero-order valence-corrected chi connectivity index (χ0v) is 13.2. The largest absolute Gasteiger partial charge is 0.490 e. The van der Waals surface area contributed by atoms with E-state index in [1.165, 1.54) is 11.9 Å². The van der Waals surface area contributed by atoms with Crippen LogP contribution in [0.15, 0.2) is 0 Å². The Balaban J connectivity index is 2.34. The summed E-state index contributed by atoms with van der Waals surface area (Å²) in [5, 5.41) is 38.4. The highest BCUT2D eigenvalue weighted by Gasteiger charge is 2.43. The van der Waals surface area contributed by atoms with Gasteiger partial charge in [-0.2, -0.15) is 4.68 Å². The average Bonchev–Trinajstić information content (AvgIpc) is 3.03. The Bertz CT molecular complexity index is 602. The molecule has 2 rings (SSSR count). The van der Waals surface area contributed by atoms with E-state index >= 15 is 0 Å². The summed E-state index contributed by atoms with van der Waals surface area (Å²) in [5.74, 6) is -2.44. The number of carbonyl (C=O) groups is 2. The molecule has 1 aromatic heterocycles. The van der Waals surface area contributed by atoms with Crippen LogP contribution < -0.4 is 5.32 Å². The van der Waals surface area contributed by atoms with E-state index in [1.54, 1.807) is 13.8 Å². The summed E-state index contributed by atoms with van der Waals surface area (Å²) in [6.45, 7) is 3.49. The molecule has 3 atom stereocenters. The van der Waals surface area contributed by atoms with Gasteiger partial charge >= 0.3 is 0 Å². The van der Waals surface area contributed by atoms with Gasteiger partial charge in [0, 0.05) is 20.0 Å². The van der Waals surface area contributed by atoms with Gasteiger partial charge in [-0.1, -0.05) is 24.2 Å². The minimum atomic E-state index is -0.958. The molecule has 0 bridgehead atoms. The number of amides is 2. The fourth-order valence-electron chi connectivity index (χ4n) is 2.78. The van der Waals surface area contributed by atoms with Gasteiger partial charge in [0.1, 0.15) is 12.1 Å². The van der Waals surface area contributed by atoms with Gasteiger partial charge in [0.2, 0.25) is 11.8 Å². The van der Waals surface area contributed by atoms with Gasteiger partial charge in [0.05, 0.1) is 6.10 Å². The summed E-state index contributed by atoms with van der Waals surface area (Å²) in [4.78, 5) is 26.1. The van der Waals surface area contributed by atoms with Gasteiger partial charge in [-0.15, -0.1) is 0 Å². The first-order chi connectivity index (χ1) is 10.8. The van der Waals surface area contributed by atoms with Crippen LogP contribution in [0.2, 0.25) is 0 Å². The van der Waals surface area contributed by atoms with E-state index in [-0.39, 0.29) is 24.8 Å². The quantitative estimate of drug-likeness (QED) is 0.532. The summed E-state index contributed by atoms with van der Waals surface area (Å²) in [5.41, 5.74) is 0. The Hall–Kier alpha value is -2.36. The van der Waals surface area contributed by atoms with Gasteiger partial charge in [-0.25, -0.2) is 0 Å². The summed E-state index contributed by atoms with van der Waals surface area (Å²) in [6, 6.07) is -1.75. The summed E-state index contributed by atoms with van der Waals surface area (Å²) in [7, 11) is 1.46. The molecule has 10 nitrogen and oxygen atoms in total. The van der Waals surface area contributed by atoms with Crippen LogP contribution in [0.5, 0.6) is 11.8 Å². The van der Waals surface area contributed by atoms with E-state index in [4.69, 9.17) is 0 Å². The molecule has 1 aromatic rings. The lowest BCUT2D eigenvalue weighted by Crippen LogP contribution is -2.48. The fourth-order valence-corrected chi connectivity index (χ4v) is 2.78. The number of β-amino-alcohol motifs (C(OH)–C–C–N with tert-alkyl or cyclic N) is 1. The second-order valence-electron chi connectivity index (χ2n) is 5.88. The lowest BCUT2D eigenvalue weighted by molar-refractivity contribution is -0.142. The number of hydrogen-bond donors (Lipinski definition) is 4. The predicted octanol–water partition coefficient (Wildman–Crippen LogP) is -1.41. The molecule has 128 valence electrons. The van der Waals surface area contributed by atoms with Gasteiger partial charge in [0.25, 0.3) is 11.8 Å². The van der Waals surface area contributed by atoms with Crippen molar-refractivity contribution >= 4 is 11.8 Å². The van der Waals surface area contributed by atoms with Crippen molar-refractivity contribution in [3.8, 4) is 11.8 Å². The van der Waals surface area contributed by atoms with E-state index in [2.05, 4.69) is 15.6 Å². The van der Waals surface area contributed by atoms with Crippen LogP contribution >= 0.6 is 0 Å². The molecule has 0 aliphatic carbocycles. The number of carbonyl (C=O) groups excluding carboxylic acids is 2. The molecule has 0 radical (unpaired) electrons. The van der Waals surface area contributed by atoms with Crippen molar-refractivity contribution in [3.63, 3.8) is 0 Å². The predicted molar refractivity (Wildman–Crippen MR) is 77.4 cm³/mol. The molecule has 3 unspecified atom stereocenters. The van der Waals surface area contributed by atoms with Crippen LogP contribution in [-0.4, -0.2) is 72.8 Å². The third kappa shape index (κ3) is 3.07. The highest BCUT2D eigenvalue weighted by molar-refractivity contribution is 5.90. The van der Waals surface area contributed by atoms with Crippen LogP contribution in [-0.2, 0) is 9.59 Å². The molecule has 0 aromatic carbocycles. The Morgan fingerprint density at radius 1 is 1.35 bits per heavy atom. The molecule has 2 heterocycles. The monoisotopic (exact) mass is 327 g/mol. The Morgan fingerprint density at radius 3 is 2.48 bits per heavy atom. The molecular weight excluding hydrogens is 306 g/mol. The number of nitrogens with zero attached hydrogens (tertiary/aromatic N) is 4. The Kier molecular flexibility index (Phi) is 4.73. The molecule has 0 spiro atoms. The maximum atomic E-state index is 12.9. The van der Waals surface area contributed by atoms with Gasteiger partial charge in [-0.3, -0.25) is 9.59 Å². The van der Waals surface area contributed by atoms with Crippen molar-refractivity contribution in [1.29, 1.82) is 0 Å². The van der Waals surface area contributed by atoms with Crippen molar-refractivity contribution in [2.24, 2.45) is 5.92 Å². The number of aromatic nitrogens is 3. The van der Waals surface area contributed by atoms with E-state index in [1.807, 2.05) is 0 Å². The van der Waals surface area contributed by atoms with Gasteiger partial charge in [-0.05, 0) is 5.92 Å². The number of likely N-dealkylation sites (N-methyl/N-ethyl adjacent to an activating group) is 1. The van der Waals surface area contributed by atoms with Crippen LogP contribution in [0.4, 0.5) is 0 Å². The molecule has 23 heavy (non-hydrogen) atoms. The topological polar surface area (TPSA) is 141 Å². The minimum absolute atomic E-state index is 0.0155. The standard InChI is InChI=1S/C13H21N5O5/c1-6(2)9(18-13(23)11(21)15-16-18)12(22)17-5-7(19)4-8(17)10(20)14-3/h6-9,19,21,23H,4-5H2,1-3H3,(H,14,20). The highest BCUT2D eigenvalue weighted by atomic mass is 16.3. The van der Waals surface area contributed by atoms with E-state index in [9.17, 15) is 24.9 Å². The van der Waals surface area contributed by atoms with Crippen molar-refractivity contribution in [1.82, 2.24) is 25.2 Å². The normalized spacial score (nSPS) is 22.4. The molecule has 1 fully saturated rings. The maximum Gasteiger partial charge on any atom is 0.295 e. The van der Waals surface area contributed by atoms with Gasteiger partial charge < -0.3 is 25.5 Å². The van der Waals surface area contributed by atoms with Crippen molar-refractivity contribution in [3.05, 3.63) is 0 Å². The van der Waals surface area contributed by atoms with E-state index in [0.717, 1.165) is 4.68 Å². The first kappa shape index (κ1) is 17.0. The van der Waals surface area contributed by atoms with E-state index in [0.29, 0.717) is 0 Å². The highest BCUT2D eigenvalue weighted by Crippen LogP contribution is 2.31.